The highest BCUT2D eigenvalue weighted by Crippen LogP contribution is 2.52. The van der Waals surface area contributed by atoms with Crippen LogP contribution >= 0.6 is 11.6 Å². The monoisotopic (exact) mass is 554 g/mol. The van der Waals surface area contributed by atoms with Gasteiger partial charge in [0.2, 0.25) is 10.0 Å². The van der Waals surface area contributed by atoms with Gasteiger partial charge in [0.15, 0.2) is 0 Å². The molecular weight excluding hydrogens is 526 g/mol. The van der Waals surface area contributed by atoms with E-state index in [1.54, 1.807) is 0 Å². The van der Waals surface area contributed by atoms with Crippen molar-refractivity contribution in [2.24, 2.45) is 0 Å². The zero-order chi connectivity index (χ0) is 26.4. The summed E-state index contributed by atoms with van der Waals surface area (Å²) in [5.41, 5.74) is -0.843. The lowest BCUT2D eigenvalue weighted by molar-refractivity contribution is -0.0194. The Morgan fingerprint density at radius 1 is 1.03 bits per heavy atom. The Labute approximate surface area is 220 Å². The summed E-state index contributed by atoms with van der Waals surface area (Å²) in [5.74, 6) is -1.59. The maximum absolute atomic E-state index is 14.2. The van der Waals surface area contributed by atoms with Crippen LogP contribution in [0.4, 0.5) is 13.6 Å². The fourth-order valence-corrected chi connectivity index (χ4v) is 7.65. The van der Waals surface area contributed by atoms with Crippen LogP contribution in [0.3, 0.4) is 0 Å². The molecule has 0 spiro atoms. The molecule has 1 aliphatic carbocycles. The topological polar surface area (TPSA) is 87.2 Å². The van der Waals surface area contributed by atoms with Crippen molar-refractivity contribution in [3.05, 3.63) is 64.7 Å². The number of ether oxygens (including phenoxy) is 1. The molecule has 3 aliphatic rings. The van der Waals surface area contributed by atoms with Crippen LogP contribution < -0.4 is 0 Å². The van der Waals surface area contributed by atoms with Gasteiger partial charge in [-0.25, -0.2) is 22.0 Å². The van der Waals surface area contributed by atoms with Crippen molar-refractivity contribution in [2.75, 3.05) is 13.1 Å². The lowest BCUT2D eigenvalue weighted by Crippen LogP contribution is -2.54. The van der Waals surface area contributed by atoms with E-state index in [0.717, 1.165) is 18.2 Å². The molecule has 2 aromatic carbocycles. The lowest BCUT2D eigenvalue weighted by atomic mass is 9.90. The number of hydrogen-bond donors (Lipinski definition) is 1. The fraction of sp³-hybridized carbons (Fsp3) is 0.500. The van der Waals surface area contributed by atoms with Crippen LogP contribution in [0.25, 0.3) is 0 Å². The van der Waals surface area contributed by atoms with Gasteiger partial charge in [-0.15, -0.1) is 0 Å². The molecule has 0 radical (unpaired) electrons. The number of rotatable bonds is 5. The molecule has 2 heterocycles. The minimum Gasteiger partial charge on any atom is -0.441 e. The first-order valence-electron chi connectivity index (χ1n) is 12.5. The molecule has 3 fully saturated rings. The first kappa shape index (κ1) is 26.3. The summed E-state index contributed by atoms with van der Waals surface area (Å²) < 4.78 is 63.9. The molecule has 11 heteroatoms. The Morgan fingerprint density at radius 2 is 1.70 bits per heavy atom. The van der Waals surface area contributed by atoms with E-state index < -0.39 is 51.5 Å². The van der Waals surface area contributed by atoms with Gasteiger partial charge in [-0.1, -0.05) is 11.6 Å². The summed E-state index contributed by atoms with van der Waals surface area (Å²) in [6, 6.07) is 7.22. The fourth-order valence-electron chi connectivity index (χ4n) is 5.60. The van der Waals surface area contributed by atoms with E-state index in [9.17, 15) is 27.1 Å². The predicted molar refractivity (Wildman–Crippen MR) is 132 cm³/mol. The number of sulfonamides is 1. The van der Waals surface area contributed by atoms with Gasteiger partial charge in [-0.3, -0.25) is 0 Å². The molecule has 2 aromatic rings. The molecule has 1 N–H and O–H groups in total. The SMILES string of the molecule is O=C(OC1([C@H]2CCC[C@@H](c3cc(F)cc(F)c3)N2S(=O)(=O)c2ccc(Cl)cc2)CC1)N1CCC[C@@H](O)C1. The molecule has 5 rings (SSSR count). The smallest absolute Gasteiger partial charge is 0.410 e. The van der Waals surface area contributed by atoms with Crippen LogP contribution in [0.1, 0.15) is 56.6 Å². The van der Waals surface area contributed by atoms with Crippen LogP contribution in [-0.2, 0) is 14.8 Å². The molecule has 200 valence electrons. The quantitative estimate of drug-likeness (QED) is 0.560. The summed E-state index contributed by atoms with van der Waals surface area (Å²) >= 11 is 5.99. The molecule has 3 atom stereocenters. The third-order valence-corrected chi connectivity index (χ3v) is 9.71. The highest BCUT2D eigenvalue weighted by Gasteiger charge is 2.60. The Balaban J connectivity index is 1.53. The number of aliphatic hydroxyl groups excluding tert-OH is 1. The van der Waals surface area contributed by atoms with Crippen molar-refractivity contribution in [1.29, 1.82) is 0 Å². The first-order chi connectivity index (χ1) is 17.6. The average molecular weight is 555 g/mol. The largest absolute Gasteiger partial charge is 0.441 e. The van der Waals surface area contributed by atoms with E-state index >= 15 is 0 Å². The van der Waals surface area contributed by atoms with Crippen LogP contribution in [0, 0.1) is 11.6 Å². The summed E-state index contributed by atoms with van der Waals surface area (Å²) in [6.07, 6.45) is 2.35. The van der Waals surface area contributed by atoms with Crippen LogP contribution in [-0.4, -0.2) is 59.7 Å². The number of likely N-dealkylation sites (tertiary alicyclic amines) is 1. The van der Waals surface area contributed by atoms with Gasteiger partial charge in [-0.2, -0.15) is 4.31 Å². The van der Waals surface area contributed by atoms with E-state index in [-0.39, 0.29) is 17.0 Å². The maximum Gasteiger partial charge on any atom is 0.410 e. The van der Waals surface area contributed by atoms with Gasteiger partial charge < -0.3 is 14.7 Å². The van der Waals surface area contributed by atoms with Crippen LogP contribution in [0.15, 0.2) is 47.4 Å². The van der Waals surface area contributed by atoms with Gasteiger partial charge in [0.25, 0.3) is 0 Å². The van der Waals surface area contributed by atoms with Crippen molar-refractivity contribution in [3.63, 3.8) is 0 Å². The molecule has 0 bridgehead atoms. The summed E-state index contributed by atoms with van der Waals surface area (Å²) in [5, 5.41) is 10.4. The second-order valence-electron chi connectivity index (χ2n) is 10.1. The van der Waals surface area contributed by atoms with Crippen molar-refractivity contribution >= 4 is 27.7 Å². The minimum atomic E-state index is -4.18. The van der Waals surface area contributed by atoms with Crippen molar-refractivity contribution in [3.8, 4) is 0 Å². The maximum atomic E-state index is 14.2. The minimum absolute atomic E-state index is 0.00745. The summed E-state index contributed by atoms with van der Waals surface area (Å²) in [4.78, 5) is 14.5. The molecule has 2 saturated heterocycles. The normalized spacial score (nSPS) is 26.1. The Bertz CT molecular complexity index is 1250. The molecule has 1 amide bonds. The van der Waals surface area contributed by atoms with Crippen LogP contribution in [0.5, 0.6) is 0 Å². The van der Waals surface area contributed by atoms with Crippen LogP contribution in [0.2, 0.25) is 5.02 Å². The van der Waals surface area contributed by atoms with Crippen molar-refractivity contribution in [1.82, 2.24) is 9.21 Å². The van der Waals surface area contributed by atoms with E-state index in [2.05, 4.69) is 0 Å². The predicted octanol–water partition coefficient (Wildman–Crippen LogP) is 5.03. The number of hydrogen-bond acceptors (Lipinski definition) is 5. The highest BCUT2D eigenvalue weighted by atomic mass is 35.5. The van der Waals surface area contributed by atoms with Crippen molar-refractivity contribution in [2.45, 2.75) is 73.6 Å². The number of nitrogens with zero attached hydrogens (tertiary/aromatic N) is 2. The van der Waals surface area contributed by atoms with E-state index in [4.69, 9.17) is 16.3 Å². The van der Waals surface area contributed by atoms with Gasteiger partial charge in [0.1, 0.15) is 17.2 Å². The molecule has 0 unspecified atom stereocenters. The zero-order valence-electron chi connectivity index (χ0n) is 20.2. The number of carbonyl (C=O) groups excluding carboxylic acids is 1. The van der Waals surface area contributed by atoms with Crippen molar-refractivity contribution < 1.29 is 31.8 Å². The number of aliphatic hydroxyl groups is 1. The number of carbonyl (C=O) groups is 1. The first-order valence-corrected chi connectivity index (χ1v) is 14.3. The molecule has 2 aliphatic heterocycles. The zero-order valence-corrected chi connectivity index (χ0v) is 21.7. The van der Waals surface area contributed by atoms with E-state index in [1.807, 2.05) is 0 Å². The Kier molecular flexibility index (Phi) is 7.21. The molecule has 37 heavy (non-hydrogen) atoms. The Morgan fingerprint density at radius 3 is 2.32 bits per heavy atom. The van der Waals surface area contributed by atoms with Gasteiger partial charge >= 0.3 is 6.09 Å². The van der Waals surface area contributed by atoms with E-state index in [1.165, 1.54) is 33.5 Å². The highest BCUT2D eigenvalue weighted by molar-refractivity contribution is 7.89. The van der Waals surface area contributed by atoms with E-state index in [0.29, 0.717) is 56.5 Å². The third kappa shape index (κ3) is 5.34. The standard InChI is InChI=1S/C26H29ClF2N2O5S/c27-18-6-8-22(9-7-18)37(34,35)31-23(17-13-19(28)15-20(29)14-17)4-1-5-24(31)26(10-11-26)36-25(33)30-12-2-3-21(32)16-30/h6-9,13-15,21,23-24,32H,1-5,10-12,16H2/t21-,23+,24-/m1/s1. The average Bonchev–Trinajstić information content (AvgIpc) is 3.63. The van der Waals surface area contributed by atoms with Gasteiger partial charge in [0.05, 0.1) is 23.1 Å². The summed E-state index contributed by atoms with van der Waals surface area (Å²) in [6.45, 7) is 0.617. The number of piperidine rings is 2. The number of β-amino-alcohol motifs (C(OH)–C–C–N with tert-alkyl or cyclic N) is 1. The molecular formula is C26H29ClF2N2O5S. The second kappa shape index (κ2) is 10.1. The molecule has 7 nitrogen and oxygen atoms in total. The molecule has 0 aromatic heterocycles. The Hall–Kier alpha value is -2.27. The number of amides is 1. The number of benzene rings is 2. The summed E-state index contributed by atoms with van der Waals surface area (Å²) in [7, 11) is -4.18. The van der Waals surface area contributed by atoms with Gasteiger partial charge in [-0.05, 0) is 86.9 Å². The van der Waals surface area contributed by atoms with Gasteiger partial charge in [0, 0.05) is 24.2 Å². The number of halogens is 3. The third-order valence-electron chi connectivity index (χ3n) is 7.52. The molecule has 1 saturated carbocycles. The lowest BCUT2D eigenvalue weighted by Gasteiger charge is -2.45. The second-order valence-corrected chi connectivity index (χ2v) is 12.4.